The summed E-state index contributed by atoms with van der Waals surface area (Å²) >= 11 is 0. The Morgan fingerprint density at radius 3 is 2.06 bits per heavy atom. The molecule has 1 radical (unpaired) electrons. The number of hydrogen-bond donors (Lipinski definition) is 0. The number of furan rings is 1. The predicted octanol–water partition coefficient (Wildman–Crippen LogP) is 14.5. The van der Waals surface area contributed by atoms with E-state index in [9.17, 15) is 0 Å². The summed E-state index contributed by atoms with van der Waals surface area (Å²) in [5, 5.41) is 3.54. The van der Waals surface area contributed by atoms with E-state index in [0.29, 0.717) is 11.5 Å². The van der Waals surface area contributed by atoms with Crippen LogP contribution in [0.15, 0.2) is 126 Å². The van der Waals surface area contributed by atoms with Crippen LogP contribution in [0.5, 0.6) is 0 Å². The van der Waals surface area contributed by atoms with Gasteiger partial charge in [-0.2, -0.15) is 0 Å². The molecule has 5 aromatic carbocycles. The predicted molar refractivity (Wildman–Crippen MR) is 259 cm³/mol. The Morgan fingerprint density at radius 1 is 0.726 bits per heavy atom. The van der Waals surface area contributed by atoms with Crippen LogP contribution in [0.1, 0.15) is 91.4 Å². The Bertz CT molecular complexity index is 3100. The molecule has 0 unspecified atom stereocenters. The molecule has 9 aromatic rings. The summed E-state index contributed by atoms with van der Waals surface area (Å²) in [6.07, 6.45) is 3.85. The molecule has 0 amide bonds. The summed E-state index contributed by atoms with van der Waals surface area (Å²) in [6, 6.07) is 43.3. The smallest absolute Gasteiger partial charge is 0.120 e. The Balaban J connectivity index is 0.000000225. The number of pyridine rings is 2. The van der Waals surface area contributed by atoms with Gasteiger partial charge in [-0.15, -0.1) is 53.6 Å². The molecule has 0 atom stereocenters. The first-order valence-electron chi connectivity index (χ1n) is 22.8. The zero-order valence-corrected chi connectivity index (χ0v) is 40.7. The van der Waals surface area contributed by atoms with Crippen molar-refractivity contribution in [1.82, 2.24) is 19.5 Å². The van der Waals surface area contributed by atoms with Gasteiger partial charge in [0.1, 0.15) is 5.58 Å². The standard InChI is InChI=1S/C37H32N3O.C18H24NSi.Ir/c1-22(2)30-20-26(25-12-7-6-8-13-25)21-31(23(3)4)35(30)40-34-24(5)38-19-18-32(34)39-37(40)29-16-11-15-28-27-14-9-10-17-33(27)41-36(28)29;1-13(2)16-11-17(15-9-7-14(3)8-10-15)19-12-18(16)20(4,5)6;/h6-15,17-23H,1-5H3;7-9,11-13H,1-6H3;/q2*-1;/i;3D3;. The van der Waals surface area contributed by atoms with Gasteiger partial charge in [-0.3, -0.25) is 9.97 Å². The van der Waals surface area contributed by atoms with Crippen LogP contribution in [0.2, 0.25) is 19.6 Å². The maximum absolute atomic E-state index is 7.44. The molecule has 0 N–H and O–H groups in total. The van der Waals surface area contributed by atoms with Gasteiger partial charge < -0.3 is 14.0 Å². The minimum atomic E-state index is -2.09. The van der Waals surface area contributed by atoms with Gasteiger partial charge in [0, 0.05) is 47.7 Å². The molecular formula is C55H56IrN4OSi-2. The molecule has 7 heteroatoms. The van der Waals surface area contributed by atoms with Crippen molar-refractivity contribution in [3.63, 3.8) is 0 Å². The molecule has 0 bridgehead atoms. The van der Waals surface area contributed by atoms with Crippen LogP contribution >= 0.6 is 0 Å². The minimum absolute atomic E-state index is 0. The van der Waals surface area contributed by atoms with Crippen LogP contribution in [0.4, 0.5) is 0 Å². The molecule has 0 aliphatic rings. The second-order valence-corrected chi connectivity index (χ2v) is 23.0. The molecule has 4 aromatic heterocycles. The number of hydrogen-bond acceptors (Lipinski definition) is 4. The van der Waals surface area contributed by atoms with Crippen molar-refractivity contribution in [2.24, 2.45) is 0 Å². The van der Waals surface area contributed by atoms with Gasteiger partial charge in [-0.25, -0.2) is 0 Å². The van der Waals surface area contributed by atoms with Gasteiger partial charge in [0.15, 0.2) is 0 Å². The summed E-state index contributed by atoms with van der Waals surface area (Å²) in [5.74, 6) is 1.80. The third kappa shape index (κ3) is 8.64. The molecule has 0 aliphatic carbocycles. The van der Waals surface area contributed by atoms with E-state index in [4.69, 9.17) is 18.5 Å². The molecule has 0 saturated heterocycles. The van der Waals surface area contributed by atoms with Crippen molar-refractivity contribution < 1.29 is 28.6 Å². The van der Waals surface area contributed by atoms with E-state index in [1.54, 1.807) is 18.2 Å². The number of para-hydroxylation sites is 1. The van der Waals surface area contributed by atoms with E-state index in [-0.39, 0.29) is 31.9 Å². The number of rotatable bonds is 8. The second-order valence-electron chi connectivity index (χ2n) is 18.0. The summed E-state index contributed by atoms with van der Waals surface area (Å²) in [7, 11) is -1.45. The van der Waals surface area contributed by atoms with E-state index in [1.807, 2.05) is 36.7 Å². The van der Waals surface area contributed by atoms with Crippen molar-refractivity contribution in [1.29, 1.82) is 0 Å². The van der Waals surface area contributed by atoms with E-state index >= 15 is 0 Å². The Labute approximate surface area is 386 Å². The van der Waals surface area contributed by atoms with Crippen LogP contribution in [0.25, 0.3) is 72.4 Å². The van der Waals surface area contributed by atoms with Crippen molar-refractivity contribution in [2.45, 2.75) is 92.7 Å². The second kappa shape index (κ2) is 18.1. The van der Waals surface area contributed by atoms with Crippen LogP contribution in [0, 0.1) is 25.9 Å². The van der Waals surface area contributed by atoms with Gasteiger partial charge in [-0.1, -0.05) is 139 Å². The van der Waals surface area contributed by atoms with Crippen LogP contribution < -0.4 is 5.19 Å². The molecule has 0 fully saturated rings. The normalized spacial score (nSPS) is 12.7. The molecule has 5 nitrogen and oxygen atoms in total. The molecule has 317 valence electrons. The number of benzene rings is 5. The summed E-state index contributed by atoms with van der Waals surface area (Å²) in [5.41, 5.74) is 14.9. The van der Waals surface area contributed by atoms with Crippen molar-refractivity contribution in [2.75, 3.05) is 0 Å². The number of nitrogens with zero attached hydrogens (tertiary/aromatic N) is 4. The fourth-order valence-corrected chi connectivity index (χ4v) is 10.0. The maximum Gasteiger partial charge on any atom is 0.120 e. The average Bonchev–Trinajstić information content (AvgIpc) is 3.85. The first kappa shape index (κ1) is 40.6. The fourth-order valence-electron chi connectivity index (χ4n) is 8.35. The summed E-state index contributed by atoms with van der Waals surface area (Å²) < 4.78 is 31.1. The largest absolute Gasteiger partial charge is 0.501 e. The van der Waals surface area contributed by atoms with E-state index in [1.165, 1.54) is 38.7 Å². The number of imidazole rings is 1. The quantitative estimate of drug-likeness (QED) is 0.112. The SMILES string of the molecule is Cc1nccc2nc(-c3[c-]ccc4c3oc3ccccc34)n(-c3c(C(C)C)cc(-c4ccccc4)cc3C(C)C)c12.[2H]C([2H])([2H])c1c[c-]c(-c2cc(C(C)C)c([Si](C)(C)C)cn2)cc1.[Ir]. The number of fused-ring (bicyclic) bond motifs is 4. The Morgan fingerprint density at radius 2 is 1.42 bits per heavy atom. The molecule has 0 spiro atoms. The molecular weight excluding hydrogens is 953 g/mol. The third-order valence-corrected chi connectivity index (χ3v) is 13.5. The molecule has 62 heavy (non-hydrogen) atoms. The average molecular weight is 1010 g/mol. The van der Waals surface area contributed by atoms with Crippen molar-refractivity contribution in [3.05, 3.63) is 162 Å². The van der Waals surface area contributed by atoms with Crippen LogP contribution in [-0.4, -0.2) is 27.6 Å². The summed E-state index contributed by atoms with van der Waals surface area (Å²) in [6.45, 7) is 20.4. The van der Waals surface area contributed by atoms with E-state index in [2.05, 4.69) is 157 Å². The molecule has 0 aliphatic heterocycles. The maximum atomic E-state index is 7.44. The van der Waals surface area contributed by atoms with Gasteiger partial charge in [0.2, 0.25) is 0 Å². The van der Waals surface area contributed by atoms with Crippen molar-refractivity contribution >= 4 is 46.2 Å². The zero-order valence-electron chi connectivity index (χ0n) is 40.3. The molecule has 0 saturated carbocycles. The van der Waals surface area contributed by atoms with Crippen LogP contribution in [0.3, 0.4) is 0 Å². The van der Waals surface area contributed by atoms with Crippen molar-refractivity contribution in [3.8, 4) is 39.5 Å². The van der Waals surface area contributed by atoms with Gasteiger partial charge in [-0.05, 0) is 82.1 Å². The Kier molecular flexibility index (Phi) is 11.9. The van der Waals surface area contributed by atoms with Gasteiger partial charge in [0.25, 0.3) is 0 Å². The first-order valence-corrected chi connectivity index (χ1v) is 24.8. The van der Waals surface area contributed by atoms with Gasteiger partial charge in [0.05, 0.1) is 36.2 Å². The third-order valence-electron chi connectivity index (χ3n) is 11.5. The Hall–Kier alpha value is -5.46. The molecule has 4 heterocycles. The monoisotopic (exact) mass is 1010 g/mol. The zero-order chi connectivity index (χ0) is 45.7. The number of aryl methyl sites for hydroxylation is 2. The van der Waals surface area contributed by atoms with E-state index < -0.39 is 14.9 Å². The molecule has 9 rings (SSSR count). The number of aromatic nitrogens is 4. The summed E-state index contributed by atoms with van der Waals surface area (Å²) in [4.78, 5) is 14.6. The van der Waals surface area contributed by atoms with Gasteiger partial charge >= 0.3 is 0 Å². The minimum Gasteiger partial charge on any atom is -0.501 e. The fraction of sp³-hybridized carbons (Fsp3) is 0.255. The first-order chi connectivity index (χ1) is 30.4. The topological polar surface area (TPSA) is 56.7 Å². The van der Waals surface area contributed by atoms with E-state index in [0.717, 1.165) is 61.3 Å². The van der Waals surface area contributed by atoms with Crippen LogP contribution in [-0.2, 0) is 20.1 Å².